The Hall–Kier alpha value is -2.60. The molecule has 0 fully saturated rings. The van der Waals surface area contributed by atoms with Gasteiger partial charge in [0.15, 0.2) is 0 Å². The summed E-state index contributed by atoms with van der Waals surface area (Å²) >= 11 is 0. The number of rotatable bonds is 1. The Bertz CT molecular complexity index is 1040. The Morgan fingerprint density at radius 1 is 0.565 bits per heavy atom. The average molecular weight is 296 g/mol. The third kappa shape index (κ3) is 2.31. The van der Waals surface area contributed by atoms with E-state index in [1.54, 1.807) is 0 Å². The van der Waals surface area contributed by atoms with Crippen molar-refractivity contribution < 1.29 is 0 Å². The van der Waals surface area contributed by atoms with Gasteiger partial charge >= 0.3 is 0 Å². The van der Waals surface area contributed by atoms with E-state index in [0.717, 1.165) is 0 Å². The zero-order chi connectivity index (χ0) is 16.0. The van der Waals surface area contributed by atoms with E-state index in [4.69, 9.17) is 0 Å². The highest BCUT2D eigenvalue weighted by molar-refractivity contribution is 6.12. The fraction of sp³-hybridized carbons (Fsp3) is 0.130. The van der Waals surface area contributed by atoms with Gasteiger partial charge in [0.05, 0.1) is 0 Å². The van der Waals surface area contributed by atoms with Crippen LogP contribution in [0.3, 0.4) is 0 Å². The second kappa shape index (κ2) is 5.24. The van der Waals surface area contributed by atoms with E-state index in [1.807, 2.05) is 0 Å². The van der Waals surface area contributed by atoms with Gasteiger partial charge in [0.25, 0.3) is 0 Å². The minimum Gasteiger partial charge on any atom is -0.0616 e. The lowest BCUT2D eigenvalue weighted by Crippen LogP contribution is -1.88. The van der Waals surface area contributed by atoms with Gasteiger partial charge in [-0.3, -0.25) is 0 Å². The molecule has 23 heavy (non-hydrogen) atoms. The van der Waals surface area contributed by atoms with Crippen LogP contribution in [-0.2, 0) is 0 Å². The van der Waals surface area contributed by atoms with Crippen LogP contribution in [0.1, 0.15) is 16.7 Å². The van der Waals surface area contributed by atoms with Crippen LogP contribution in [-0.4, -0.2) is 0 Å². The normalized spacial score (nSPS) is 11.3. The van der Waals surface area contributed by atoms with Crippen LogP contribution in [0.5, 0.6) is 0 Å². The smallest absolute Gasteiger partial charge is 0.00266 e. The molecule has 0 saturated heterocycles. The minimum absolute atomic E-state index is 1.30. The molecule has 0 heteroatoms. The van der Waals surface area contributed by atoms with Crippen LogP contribution >= 0.6 is 0 Å². The Labute approximate surface area is 137 Å². The maximum absolute atomic E-state index is 2.32. The van der Waals surface area contributed by atoms with Crippen LogP contribution in [0, 0.1) is 20.8 Å². The molecule has 0 aliphatic heterocycles. The predicted molar refractivity (Wildman–Crippen MR) is 101 cm³/mol. The number of fused-ring (bicyclic) bond motifs is 2. The molecule has 0 aliphatic carbocycles. The third-order valence-corrected chi connectivity index (χ3v) is 4.81. The van der Waals surface area contributed by atoms with Crippen molar-refractivity contribution in [3.63, 3.8) is 0 Å². The van der Waals surface area contributed by atoms with Crippen molar-refractivity contribution in [2.75, 3.05) is 0 Å². The predicted octanol–water partition coefficient (Wildman–Crippen LogP) is 6.59. The molecule has 4 aromatic carbocycles. The van der Waals surface area contributed by atoms with E-state index in [0.29, 0.717) is 0 Å². The summed E-state index contributed by atoms with van der Waals surface area (Å²) in [6.45, 7) is 6.53. The molecule has 0 saturated carbocycles. The highest BCUT2D eigenvalue weighted by atomic mass is 14.1. The van der Waals surface area contributed by atoms with Crippen molar-refractivity contribution in [1.29, 1.82) is 0 Å². The van der Waals surface area contributed by atoms with Gasteiger partial charge in [0, 0.05) is 0 Å². The number of hydrogen-bond acceptors (Lipinski definition) is 0. The standard InChI is InChI=1S/C23H20/c1-15-8-10-19-14-18-6-4-5-7-21(18)23(22(19)12-15)20-11-9-16(2)17(3)13-20/h4-14H,1-3H3. The van der Waals surface area contributed by atoms with Crippen molar-refractivity contribution in [3.8, 4) is 11.1 Å². The summed E-state index contributed by atoms with van der Waals surface area (Å²) in [6, 6.07) is 24.5. The summed E-state index contributed by atoms with van der Waals surface area (Å²) in [4.78, 5) is 0. The lowest BCUT2D eigenvalue weighted by molar-refractivity contribution is 1.34. The molecule has 0 aliphatic rings. The second-order valence-corrected chi connectivity index (χ2v) is 6.50. The van der Waals surface area contributed by atoms with Gasteiger partial charge in [0.2, 0.25) is 0 Å². The van der Waals surface area contributed by atoms with Gasteiger partial charge in [-0.05, 0) is 70.6 Å². The molecule has 4 aromatic rings. The lowest BCUT2D eigenvalue weighted by atomic mass is 9.90. The number of benzene rings is 4. The molecule has 0 nitrogen and oxygen atoms in total. The Morgan fingerprint density at radius 3 is 2.17 bits per heavy atom. The number of aryl methyl sites for hydroxylation is 3. The quantitative estimate of drug-likeness (QED) is 0.348. The molecule has 0 amide bonds. The SMILES string of the molecule is Cc1ccc2cc3ccccc3c(-c3ccc(C)c(C)c3)c2c1. The van der Waals surface area contributed by atoms with E-state index in [9.17, 15) is 0 Å². The fourth-order valence-electron chi connectivity index (χ4n) is 3.38. The van der Waals surface area contributed by atoms with Crippen molar-refractivity contribution in [3.05, 3.63) is 83.4 Å². The summed E-state index contributed by atoms with van der Waals surface area (Å²) in [5, 5.41) is 5.28. The largest absolute Gasteiger partial charge is 0.0616 e. The topological polar surface area (TPSA) is 0 Å². The van der Waals surface area contributed by atoms with Crippen molar-refractivity contribution in [2.45, 2.75) is 20.8 Å². The van der Waals surface area contributed by atoms with Crippen LogP contribution in [0.2, 0.25) is 0 Å². The molecule has 0 spiro atoms. The first kappa shape index (κ1) is 14.0. The number of hydrogen-bond donors (Lipinski definition) is 0. The molecule has 0 N–H and O–H groups in total. The van der Waals surface area contributed by atoms with Crippen molar-refractivity contribution in [2.24, 2.45) is 0 Å². The van der Waals surface area contributed by atoms with Crippen LogP contribution in [0.25, 0.3) is 32.7 Å². The van der Waals surface area contributed by atoms with Crippen LogP contribution < -0.4 is 0 Å². The molecule has 4 rings (SSSR count). The van der Waals surface area contributed by atoms with Gasteiger partial charge in [0.1, 0.15) is 0 Å². The zero-order valence-corrected chi connectivity index (χ0v) is 13.9. The lowest BCUT2D eigenvalue weighted by Gasteiger charge is -2.14. The molecular weight excluding hydrogens is 276 g/mol. The van der Waals surface area contributed by atoms with E-state index in [2.05, 4.69) is 87.5 Å². The maximum atomic E-state index is 2.32. The van der Waals surface area contributed by atoms with Gasteiger partial charge in [-0.1, -0.05) is 66.2 Å². The minimum atomic E-state index is 1.30. The highest BCUT2D eigenvalue weighted by Crippen LogP contribution is 2.37. The molecule has 0 atom stereocenters. The van der Waals surface area contributed by atoms with Gasteiger partial charge in [-0.15, -0.1) is 0 Å². The van der Waals surface area contributed by atoms with E-state index in [-0.39, 0.29) is 0 Å². The van der Waals surface area contributed by atoms with Crippen LogP contribution in [0.4, 0.5) is 0 Å². The van der Waals surface area contributed by atoms with Gasteiger partial charge < -0.3 is 0 Å². The average Bonchev–Trinajstić information content (AvgIpc) is 2.55. The first-order valence-electron chi connectivity index (χ1n) is 8.13. The molecule has 112 valence electrons. The van der Waals surface area contributed by atoms with Gasteiger partial charge in [-0.2, -0.15) is 0 Å². The Morgan fingerprint density at radius 2 is 1.35 bits per heavy atom. The molecule has 0 radical (unpaired) electrons. The highest BCUT2D eigenvalue weighted by Gasteiger charge is 2.10. The Kier molecular flexibility index (Phi) is 3.20. The van der Waals surface area contributed by atoms with E-state index in [1.165, 1.54) is 49.4 Å². The fourth-order valence-corrected chi connectivity index (χ4v) is 3.38. The molecule has 0 unspecified atom stereocenters. The molecule has 0 aromatic heterocycles. The summed E-state index contributed by atoms with van der Waals surface area (Å²) < 4.78 is 0. The summed E-state index contributed by atoms with van der Waals surface area (Å²) in [6.07, 6.45) is 0. The summed E-state index contributed by atoms with van der Waals surface area (Å²) in [7, 11) is 0. The van der Waals surface area contributed by atoms with Gasteiger partial charge in [-0.25, -0.2) is 0 Å². The zero-order valence-electron chi connectivity index (χ0n) is 13.9. The third-order valence-electron chi connectivity index (χ3n) is 4.81. The molecule has 0 heterocycles. The summed E-state index contributed by atoms with van der Waals surface area (Å²) in [5.74, 6) is 0. The second-order valence-electron chi connectivity index (χ2n) is 6.50. The monoisotopic (exact) mass is 296 g/mol. The van der Waals surface area contributed by atoms with Crippen molar-refractivity contribution >= 4 is 21.5 Å². The first-order valence-corrected chi connectivity index (χ1v) is 8.13. The Balaban J connectivity index is 2.19. The summed E-state index contributed by atoms with van der Waals surface area (Å²) in [5.41, 5.74) is 6.65. The maximum Gasteiger partial charge on any atom is -0.00266 e. The van der Waals surface area contributed by atoms with Crippen LogP contribution in [0.15, 0.2) is 66.7 Å². The first-order chi connectivity index (χ1) is 11.1. The van der Waals surface area contributed by atoms with E-state index >= 15 is 0 Å². The van der Waals surface area contributed by atoms with E-state index < -0.39 is 0 Å². The molecule has 0 bridgehead atoms. The van der Waals surface area contributed by atoms with Crippen molar-refractivity contribution in [1.82, 2.24) is 0 Å². The molecular formula is C23H20.